The molecule has 0 aromatic carbocycles. The van der Waals surface area contributed by atoms with E-state index in [-0.39, 0.29) is 12.1 Å². The van der Waals surface area contributed by atoms with E-state index in [1.165, 1.54) is 7.11 Å². The number of ether oxygens (including phenoxy) is 2. The van der Waals surface area contributed by atoms with E-state index in [1.807, 2.05) is 39.1 Å². The van der Waals surface area contributed by atoms with Gasteiger partial charge in [0.15, 0.2) is 0 Å². The van der Waals surface area contributed by atoms with Gasteiger partial charge in [-0.3, -0.25) is 0 Å². The van der Waals surface area contributed by atoms with Gasteiger partial charge in [-0.2, -0.15) is 0 Å². The van der Waals surface area contributed by atoms with Crippen molar-refractivity contribution in [2.75, 3.05) is 20.2 Å². The van der Waals surface area contributed by atoms with Crippen molar-refractivity contribution in [2.24, 2.45) is 0 Å². The average Bonchev–Trinajstić information content (AvgIpc) is 2.53. The first-order chi connectivity index (χ1) is 10.8. The first-order valence-electron chi connectivity index (χ1n) is 7.70. The molecule has 0 unspecified atom stereocenters. The number of dihydropyridines is 1. The molecule has 0 aliphatic carbocycles. The molecule has 1 atom stereocenters. The molecule has 0 radical (unpaired) electrons. The molecular weight excluding hydrogens is 296 g/mol. The Morgan fingerprint density at radius 1 is 1.35 bits per heavy atom. The number of amides is 1. The summed E-state index contributed by atoms with van der Waals surface area (Å²) in [5.74, 6) is -0.315. The van der Waals surface area contributed by atoms with Crippen LogP contribution in [0.1, 0.15) is 27.2 Å². The summed E-state index contributed by atoms with van der Waals surface area (Å²) in [6, 6.07) is -0.439. The summed E-state index contributed by atoms with van der Waals surface area (Å²) >= 11 is 0. The van der Waals surface area contributed by atoms with Crippen molar-refractivity contribution in [3.8, 4) is 0 Å². The largest absolute Gasteiger partial charge is 0.467 e. The lowest BCUT2D eigenvalue weighted by atomic mass is 9.97. The molecule has 2 aliphatic heterocycles. The van der Waals surface area contributed by atoms with Gasteiger partial charge >= 0.3 is 12.1 Å². The van der Waals surface area contributed by atoms with Gasteiger partial charge in [-0.25, -0.2) is 9.59 Å². The van der Waals surface area contributed by atoms with Gasteiger partial charge in [0.25, 0.3) is 0 Å². The van der Waals surface area contributed by atoms with Crippen LogP contribution in [0.25, 0.3) is 0 Å². The fraction of sp³-hybridized carbons (Fsp3) is 0.529. The molecule has 6 nitrogen and oxygen atoms in total. The van der Waals surface area contributed by atoms with Crippen LogP contribution in [0.2, 0.25) is 0 Å². The molecule has 2 heterocycles. The Morgan fingerprint density at radius 3 is 2.57 bits per heavy atom. The van der Waals surface area contributed by atoms with Crippen molar-refractivity contribution in [1.29, 1.82) is 0 Å². The molecule has 0 saturated carbocycles. The van der Waals surface area contributed by atoms with Crippen LogP contribution in [0.5, 0.6) is 0 Å². The predicted molar refractivity (Wildman–Crippen MR) is 86.7 cm³/mol. The number of nitrogens with one attached hydrogen (secondary N) is 1. The van der Waals surface area contributed by atoms with E-state index < -0.39 is 11.6 Å². The number of nitrogens with zero attached hydrogens (tertiary/aromatic N) is 1. The number of carbonyl (C=O) groups is 2. The Hall–Kier alpha value is -2.24. The highest BCUT2D eigenvalue weighted by Crippen LogP contribution is 2.23. The average molecular weight is 320 g/mol. The van der Waals surface area contributed by atoms with Gasteiger partial charge in [0, 0.05) is 19.3 Å². The molecule has 0 aromatic heterocycles. The maximum Gasteiger partial charge on any atom is 0.410 e. The molecular formula is C17H24N2O4. The third-order valence-corrected chi connectivity index (χ3v) is 3.57. The van der Waals surface area contributed by atoms with Crippen molar-refractivity contribution < 1.29 is 19.1 Å². The summed E-state index contributed by atoms with van der Waals surface area (Å²) < 4.78 is 10.1. The van der Waals surface area contributed by atoms with E-state index in [2.05, 4.69) is 5.32 Å². The Bertz CT molecular complexity index is 570. The lowest BCUT2D eigenvalue weighted by Gasteiger charge is -2.30. The first-order valence-corrected chi connectivity index (χ1v) is 7.70. The lowest BCUT2D eigenvalue weighted by molar-refractivity contribution is -0.141. The molecule has 0 aromatic rings. The highest BCUT2D eigenvalue weighted by molar-refractivity contribution is 5.79. The van der Waals surface area contributed by atoms with E-state index in [0.29, 0.717) is 13.1 Å². The van der Waals surface area contributed by atoms with Crippen molar-refractivity contribution in [3.05, 3.63) is 35.6 Å². The fourth-order valence-electron chi connectivity index (χ4n) is 2.38. The summed E-state index contributed by atoms with van der Waals surface area (Å²) in [6.07, 6.45) is 7.99. The van der Waals surface area contributed by atoms with E-state index >= 15 is 0 Å². The zero-order valence-electron chi connectivity index (χ0n) is 14.1. The molecule has 0 saturated heterocycles. The van der Waals surface area contributed by atoms with Gasteiger partial charge in [-0.1, -0.05) is 18.2 Å². The van der Waals surface area contributed by atoms with Crippen LogP contribution in [-0.4, -0.2) is 48.8 Å². The van der Waals surface area contributed by atoms with Crippen LogP contribution in [0.4, 0.5) is 4.79 Å². The van der Waals surface area contributed by atoms with Gasteiger partial charge in [0.05, 0.1) is 7.11 Å². The summed E-state index contributed by atoms with van der Waals surface area (Å²) in [6.45, 7) is 6.72. The number of rotatable bonds is 2. The first kappa shape index (κ1) is 17.1. The second-order valence-corrected chi connectivity index (χ2v) is 6.53. The van der Waals surface area contributed by atoms with Crippen LogP contribution in [-0.2, 0) is 14.3 Å². The minimum atomic E-state index is -0.484. The van der Waals surface area contributed by atoms with E-state index in [9.17, 15) is 9.59 Å². The Kier molecular flexibility index (Phi) is 5.13. The summed E-state index contributed by atoms with van der Waals surface area (Å²) in [7, 11) is 1.37. The Labute approximate surface area is 136 Å². The number of allylic oxidation sites excluding steroid dienone is 2. The summed E-state index contributed by atoms with van der Waals surface area (Å²) in [4.78, 5) is 25.2. The van der Waals surface area contributed by atoms with Crippen LogP contribution in [0.15, 0.2) is 35.6 Å². The van der Waals surface area contributed by atoms with Gasteiger partial charge in [0.2, 0.25) is 0 Å². The third kappa shape index (κ3) is 4.61. The van der Waals surface area contributed by atoms with Crippen molar-refractivity contribution in [1.82, 2.24) is 10.2 Å². The highest BCUT2D eigenvalue weighted by atomic mass is 16.6. The quantitative estimate of drug-likeness (QED) is 0.790. The zero-order valence-corrected chi connectivity index (χ0v) is 14.1. The fourth-order valence-corrected chi connectivity index (χ4v) is 2.38. The van der Waals surface area contributed by atoms with E-state index in [1.54, 1.807) is 11.0 Å². The minimum Gasteiger partial charge on any atom is -0.467 e. The summed E-state index contributed by atoms with van der Waals surface area (Å²) in [5, 5.41) is 3.01. The third-order valence-electron chi connectivity index (χ3n) is 3.57. The van der Waals surface area contributed by atoms with Crippen LogP contribution < -0.4 is 5.32 Å². The normalized spacial score (nSPS) is 21.0. The molecule has 1 N–H and O–H groups in total. The van der Waals surface area contributed by atoms with Gasteiger partial charge in [0.1, 0.15) is 11.6 Å². The van der Waals surface area contributed by atoms with Crippen LogP contribution in [0, 0.1) is 0 Å². The molecule has 0 spiro atoms. The second-order valence-electron chi connectivity index (χ2n) is 6.53. The maximum absolute atomic E-state index is 12.0. The molecule has 2 aliphatic rings. The van der Waals surface area contributed by atoms with E-state index in [4.69, 9.17) is 9.47 Å². The Balaban J connectivity index is 1.93. The maximum atomic E-state index is 12.0. The lowest BCUT2D eigenvalue weighted by Crippen LogP contribution is -2.39. The Morgan fingerprint density at radius 2 is 2.09 bits per heavy atom. The monoisotopic (exact) mass is 320 g/mol. The van der Waals surface area contributed by atoms with Gasteiger partial charge < -0.3 is 19.7 Å². The number of hydrogen-bond donors (Lipinski definition) is 1. The van der Waals surface area contributed by atoms with Crippen LogP contribution >= 0.6 is 0 Å². The number of methoxy groups -OCH3 is 1. The molecule has 1 amide bonds. The van der Waals surface area contributed by atoms with Gasteiger partial charge in [-0.05, 0) is 38.3 Å². The van der Waals surface area contributed by atoms with Gasteiger partial charge in [-0.15, -0.1) is 0 Å². The van der Waals surface area contributed by atoms with Crippen molar-refractivity contribution >= 4 is 12.1 Å². The number of esters is 1. The smallest absolute Gasteiger partial charge is 0.410 e. The zero-order chi connectivity index (χ0) is 17.0. The number of carbonyl (C=O) groups excluding carboxylic acids is 2. The van der Waals surface area contributed by atoms with E-state index in [0.717, 1.165) is 17.6 Å². The minimum absolute atomic E-state index is 0.287. The highest BCUT2D eigenvalue weighted by Gasteiger charge is 2.25. The molecule has 23 heavy (non-hydrogen) atoms. The number of hydrogen-bond acceptors (Lipinski definition) is 5. The molecule has 0 bridgehead atoms. The second kappa shape index (κ2) is 6.89. The topological polar surface area (TPSA) is 67.9 Å². The summed E-state index contributed by atoms with van der Waals surface area (Å²) in [5.41, 5.74) is 1.69. The van der Waals surface area contributed by atoms with Crippen LogP contribution in [0.3, 0.4) is 0 Å². The molecule has 0 fully saturated rings. The predicted octanol–water partition coefficient (Wildman–Crippen LogP) is 2.14. The standard InChI is InChI=1S/C17H24N2O4/c1-17(2,3)23-16(21)19-9-7-12(8-10-19)13-5-6-14(18-11-13)15(20)22-4/h5-7,11,14,18H,8-10H2,1-4H3/t14-/m0/s1. The molecule has 2 rings (SSSR count). The molecule has 6 heteroatoms. The molecule has 126 valence electrons. The van der Waals surface area contributed by atoms with Crippen molar-refractivity contribution in [2.45, 2.75) is 38.8 Å². The SMILES string of the molecule is COC(=O)[C@@H]1C=CC(C2=CCN(C(=O)OC(C)(C)C)CC2)=CN1. The van der Waals surface area contributed by atoms with Crippen molar-refractivity contribution in [3.63, 3.8) is 0 Å².